The van der Waals surface area contributed by atoms with Crippen LogP contribution < -0.4 is 10.2 Å². The molecule has 1 aliphatic carbocycles. The molecule has 19 heavy (non-hydrogen) atoms. The van der Waals surface area contributed by atoms with Gasteiger partial charge in [-0.3, -0.25) is 0 Å². The molecule has 1 aliphatic rings. The predicted octanol–water partition coefficient (Wildman–Crippen LogP) is 2.02. The third-order valence-corrected chi connectivity index (χ3v) is 3.72. The first-order valence-electron chi connectivity index (χ1n) is 6.94. The van der Waals surface area contributed by atoms with Gasteiger partial charge in [0.05, 0.1) is 6.33 Å². The number of hydrogen-bond acceptors (Lipinski definition) is 5. The molecule has 102 valence electrons. The Morgan fingerprint density at radius 2 is 2.26 bits per heavy atom. The summed E-state index contributed by atoms with van der Waals surface area (Å²) in [5, 5.41) is 3.16. The SMILES string of the molecule is CCNc1nc(N(C)CC2CCC2)c2[nH]cnc2n1. The molecule has 0 spiro atoms. The Morgan fingerprint density at radius 1 is 1.42 bits per heavy atom. The lowest BCUT2D eigenvalue weighted by molar-refractivity contribution is 0.321. The van der Waals surface area contributed by atoms with Crippen LogP contribution in [0.2, 0.25) is 0 Å². The highest BCUT2D eigenvalue weighted by Gasteiger charge is 2.21. The van der Waals surface area contributed by atoms with E-state index in [9.17, 15) is 0 Å². The van der Waals surface area contributed by atoms with E-state index in [-0.39, 0.29) is 0 Å². The van der Waals surface area contributed by atoms with E-state index in [2.05, 4.69) is 37.2 Å². The van der Waals surface area contributed by atoms with Crippen LogP contribution in [0.15, 0.2) is 6.33 Å². The number of aromatic nitrogens is 4. The van der Waals surface area contributed by atoms with Crippen molar-refractivity contribution in [3.63, 3.8) is 0 Å². The molecule has 0 radical (unpaired) electrons. The zero-order valence-electron chi connectivity index (χ0n) is 11.5. The average molecular weight is 260 g/mol. The maximum Gasteiger partial charge on any atom is 0.226 e. The van der Waals surface area contributed by atoms with Crippen molar-refractivity contribution in [2.24, 2.45) is 5.92 Å². The molecule has 0 amide bonds. The van der Waals surface area contributed by atoms with Gasteiger partial charge in [-0.2, -0.15) is 9.97 Å². The van der Waals surface area contributed by atoms with Gasteiger partial charge in [-0.25, -0.2) is 4.98 Å². The second kappa shape index (κ2) is 5.03. The van der Waals surface area contributed by atoms with E-state index in [0.717, 1.165) is 36.0 Å². The summed E-state index contributed by atoms with van der Waals surface area (Å²) in [6.07, 6.45) is 5.71. The second-order valence-corrected chi connectivity index (χ2v) is 5.18. The number of H-pyrrole nitrogens is 1. The van der Waals surface area contributed by atoms with Gasteiger partial charge in [0.1, 0.15) is 5.52 Å². The molecule has 0 aliphatic heterocycles. The van der Waals surface area contributed by atoms with Gasteiger partial charge in [0.2, 0.25) is 5.95 Å². The van der Waals surface area contributed by atoms with Crippen LogP contribution in [0.1, 0.15) is 26.2 Å². The number of imidazole rings is 1. The van der Waals surface area contributed by atoms with Crippen molar-refractivity contribution < 1.29 is 0 Å². The number of rotatable bonds is 5. The second-order valence-electron chi connectivity index (χ2n) is 5.18. The first kappa shape index (κ1) is 12.2. The first-order valence-corrected chi connectivity index (χ1v) is 6.94. The van der Waals surface area contributed by atoms with Crippen LogP contribution in [0.5, 0.6) is 0 Å². The van der Waals surface area contributed by atoms with Gasteiger partial charge in [-0.05, 0) is 25.7 Å². The highest BCUT2D eigenvalue weighted by Crippen LogP contribution is 2.29. The first-order chi connectivity index (χ1) is 9.28. The molecule has 0 aromatic carbocycles. The van der Waals surface area contributed by atoms with Gasteiger partial charge in [-0.1, -0.05) is 6.42 Å². The number of nitrogens with one attached hydrogen (secondary N) is 2. The van der Waals surface area contributed by atoms with Crippen LogP contribution in [0.25, 0.3) is 11.2 Å². The highest BCUT2D eigenvalue weighted by atomic mass is 15.2. The predicted molar refractivity (Wildman–Crippen MR) is 76.5 cm³/mol. The van der Waals surface area contributed by atoms with Crippen LogP contribution in [0, 0.1) is 5.92 Å². The summed E-state index contributed by atoms with van der Waals surface area (Å²) in [4.78, 5) is 18.6. The van der Waals surface area contributed by atoms with Crippen molar-refractivity contribution in [3.05, 3.63) is 6.33 Å². The standard InChI is InChI=1S/C13H20N6/c1-3-14-13-17-11-10(15-8-16-11)12(18-13)19(2)7-9-5-4-6-9/h8-9H,3-7H2,1-2H3,(H2,14,15,16,17,18). The summed E-state index contributed by atoms with van der Waals surface area (Å²) < 4.78 is 0. The Kier molecular flexibility index (Phi) is 3.23. The number of hydrogen-bond donors (Lipinski definition) is 2. The molecule has 0 saturated heterocycles. The fraction of sp³-hybridized carbons (Fsp3) is 0.615. The van der Waals surface area contributed by atoms with Gasteiger partial charge in [0.15, 0.2) is 11.5 Å². The molecule has 2 aromatic heterocycles. The third-order valence-electron chi connectivity index (χ3n) is 3.72. The molecule has 3 rings (SSSR count). The Hall–Kier alpha value is -1.85. The lowest BCUT2D eigenvalue weighted by atomic mass is 9.85. The minimum atomic E-state index is 0.651. The van der Waals surface area contributed by atoms with Gasteiger partial charge in [0.25, 0.3) is 0 Å². The smallest absolute Gasteiger partial charge is 0.226 e. The zero-order valence-corrected chi connectivity index (χ0v) is 11.5. The number of aromatic amines is 1. The largest absolute Gasteiger partial charge is 0.357 e. The summed E-state index contributed by atoms with van der Waals surface area (Å²) in [6.45, 7) is 3.90. The fourth-order valence-corrected chi connectivity index (χ4v) is 2.48. The molecule has 1 saturated carbocycles. The summed E-state index contributed by atoms with van der Waals surface area (Å²) in [5.74, 6) is 2.39. The molecule has 1 fully saturated rings. The highest BCUT2D eigenvalue weighted by molar-refractivity contribution is 5.84. The van der Waals surface area contributed by atoms with E-state index in [1.165, 1.54) is 19.3 Å². The number of fused-ring (bicyclic) bond motifs is 1. The monoisotopic (exact) mass is 260 g/mol. The summed E-state index contributed by atoms with van der Waals surface area (Å²) in [5.41, 5.74) is 1.64. The lowest BCUT2D eigenvalue weighted by Crippen LogP contribution is -2.30. The lowest BCUT2D eigenvalue weighted by Gasteiger charge is -2.30. The average Bonchev–Trinajstić information content (AvgIpc) is 2.81. The van der Waals surface area contributed by atoms with Crippen LogP contribution in [0.4, 0.5) is 11.8 Å². The van der Waals surface area contributed by atoms with Crippen molar-refractivity contribution in [2.75, 3.05) is 30.4 Å². The Morgan fingerprint density at radius 3 is 2.95 bits per heavy atom. The minimum absolute atomic E-state index is 0.651. The Labute approximate surface area is 112 Å². The van der Waals surface area contributed by atoms with Crippen LogP contribution in [-0.4, -0.2) is 40.1 Å². The molecular formula is C13H20N6. The van der Waals surface area contributed by atoms with Gasteiger partial charge < -0.3 is 15.2 Å². The van der Waals surface area contributed by atoms with E-state index in [1.54, 1.807) is 6.33 Å². The normalized spacial score (nSPS) is 15.5. The fourth-order valence-electron chi connectivity index (χ4n) is 2.48. The quantitative estimate of drug-likeness (QED) is 0.860. The molecule has 6 nitrogen and oxygen atoms in total. The van der Waals surface area contributed by atoms with Gasteiger partial charge >= 0.3 is 0 Å². The molecule has 2 N–H and O–H groups in total. The molecular weight excluding hydrogens is 240 g/mol. The molecule has 0 bridgehead atoms. The van der Waals surface area contributed by atoms with Crippen LogP contribution in [-0.2, 0) is 0 Å². The van der Waals surface area contributed by atoms with E-state index < -0.39 is 0 Å². The third kappa shape index (κ3) is 2.34. The van der Waals surface area contributed by atoms with Crippen LogP contribution in [0.3, 0.4) is 0 Å². The Balaban J connectivity index is 1.92. The van der Waals surface area contributed by atoms with E-state index in [0.29, 0.717) is 5.95 Å². The summed E-state index contributed by atoms with van der Waals surface area (Å²) in [6, 6.07) is 0. The summed E-state index contributed by atoms with van der Waals surface area (Å²) >= 11 is 0. The topological polar surface area (TPSA) is 69.7 Å². The zero-order chi connectivity index (χ0) is 13.2. The van der Waals surface area contributed by atoms with E-state index in [4.69, 9.17) is 0 Å². The van der Waals surface area contributed by atoms with Gasteiger partial charge in [0, 0.05) is 20.1 Å². The van der Waals surface area contributed by atoms with Crippen molar-refractivity contribution in [2.45, 2.75) is 26.2 Å². The maximum atomic E-state index is 4.61. The van der Waals surface area contributed by atoms with Crippen LogP contribution >= 0.6 is 0 Å². The van der Waals surface area contributed by atoms with Crippen molar-refractivity contribution in [1.29, 1.82) is 0 Å². The summed E-state index contributed by atoms with van der Waals surface area (Å²) in [7, 11) is 2.09. The molecule has 2 heterocycles. The van der Waals surface area contributed by atoms with E-state index in [1.807, 2.05) is 6.92 Å². The molecule has 0 unspecified atom stereocenters. The van der Waals surface area contributed by atoms with Crippen molar-refractivity contribution in [3.8, 4) is 0 Å². The number of anilines is 2. The van der Waals surface area contributed by atoms with Crippen molar-refractivity contribution >= 4 is 22.9 Å². The maximum absolute atomic E-state index is 4.61. The molecule has 6 heteroatoms. The number of nitrogens with zero attached hydrogens (tertiary/aromatic N) is 4. The Bertz CT molecular complexity index is 559. The molecule has 0 atom stereocenters. The van der Waals surface area contributed by atoms with Crippen molar-refractivity contribution in [1.82, 2.24) is 19.9 Å². The van der Waals surface area contributed by atoms with Gasteiger partial charge in [-0.15, -0.1) is 0 Å². The molecule has 2 aromatic rings. The van der Waals surface area contributed by atoms with E-state index >= 15 is 0 Å². The minimum Gasteiger partial charge on any atom is -0.357 e.